The van der Waals surface area contributed by atoms with Crippen molar-refractivity contribution in [3.05, 3.63) is 47.4 Å². The number of nitrogens with two attached hydrogens (primary N) is 1. The number of benzene rings is 1. The van der Waals surface area contributed by atoms with Crippen LogP contribution in [-0.4, -0.2) is 6.36 Å². The number of ether oxygens (including phenoxy) is 2. The zero-order valence-electron chi connectivity index (χ0n) is 11.2. The molecule has 0 aliphatic heterocycles. The molecule has 7 heteroatoms. The first kappa shape index (κ1) is 15.2. The Labute approximate surface area is 119 Å². The lowest BCUT2D eigenvalue weighted by Gasteiger charge is -2.13. The predicted molar refractivity (Wildman–Crippen MR) is 68.8 cm³/mol. The lowest BCUT2D eigenvalue weighted by molar-refractivity contribution is -0.275. The Bertz CT molecular complexity index is 608. The van der Waals surface area contributed by atoms with E-state index in [4.69, 9.17) is 14.9 Å². The number of rotatable bonds is 5. The van der Waals surface area contributed by atoms with Gasteiger partial charge in [-0.15, -0.1) is 13.2 Å². The van der Waals surface area contributed by atoms with Gasteiger partial charge in [-0.2, -0.15) is 0 Å². The van der Waals surface area contributed by atoms with Gasteiger partial charge in [0.2, 0.25) is 0 Å². The van der Waals surface area contributed by atoms with E-state index in [0.29, 0.717) is 11.5 Å². The first-order valence-corrected chi connectivity index (χ1v) is 6.15. The van der Waals surface area contributed by atoms with Crippen molar-refractivity contribution in [3.8, 4) is 11.5 Å². The van der Waals surface area contributed by atoms with E-state index in [1.165, 1.54) is 18.2 Å². The summed E-state index contributed by atoms with van der Waals surface area (Å²) in [6, 6.07) is 7.28. The molecule has 0 saturated heterocycles. The Kier molecular flexibility index (Phi) is 4.42. The number of hydrogen-bond donors (Lipinski definition) is 1. The zero-order chi connectivity index (χ0) is 15.5. The van der Waals surface area contributed by atoms with Crippen molar-refractivity contribution in [1.29, 1.82) is 0 Å². The first-order valence-electron chi connectivity index (χ1n) is 6.15. The lowest BCUT2D eigenvalue weighted by atomic mass is 10.2. The van der Waals surface area contributed by atoms with E-state index in [0.717, 1.165) is 5.56 Å². The fourth-order valence-corrected chi connectivity index (χ4v) is 1.79. The molecule has 0 saturated carbocycles. The number of aryl methyl sites for hydroxylation is 1. The van der Waals surface area contributed by atoms with E-state index in [-0.39, 0.29) is 18.9 Å². The largest absolute Gasteiger partial charge is 0.573 e. The van der Waals surface area contributed by atoms with Gasteiger partial charge in [0.1, 0.15) is 18.1 Å². The summed E-state index contributed by atoms with van der Waals surface area (Å²) in [4.78, 5) is 0. The SMILES string of the molecule is Cc1cc(COc2ccccc2OC(F)(F)F)oc1CN. The number of alkyl halides is 3. The van der Waals surface area contributed by atoms with Crippen LogP contribution in [0.4, 0.5) is 13.2 Å². The second kappa shape index (κ2) is 6.09. The number of hydrogen-bond acceptors (Lipinski definition) is 4. The lowest BCUT2D eigenvalue weighted by Crippen LogP contribution is -2.17. The molecule has 0 spiro atoms. The molecule has 0 atom stereocenters. The van der Waals surface area contributed by atoms with Crippen molar-refractivity contribution in [2.24, 2.45) is 5.73 Å². The minimum atomic E-state index is -4.77. The molecule has 2 N–H and O–H groups in total. The van der Waals surface area contributed by atoms with Gasteiger partial charge >= 0.3 is 6.36 Å². The molecule has 4 nitrogen and oxygen atoms in total. The normalized spacial score (nSPS) is 11.5. The van der Waals surface area contributed by atoms with Crippen molar-refractivity contribution in [2.75, 3.05) is 0 Å². The van der Waals surface area contributed by atoms with E-state index in [1.54, 1.807) is 12.1 Å². The molecule has 0 aliphatic carbocycles. The van der Waals surface area contributed by atoms with Crippen LogP contribution in [0.15, 0.2) is 34.7 Å². The minimum Gasteiger partial charge on any atom is -0.482 e. The van der Waals surface area contributed by atoms with Crippen molar-refractivity contribution >= 4 is 0 Å². The highest BCUT2D eigenvalue weighted by Gasteiger charge is 2.32. The summed E-state index contributed by atoms with van der Waals surface area (Å²) < 4.78 is 51.5. The first-order chi connectivity index (χ1) is 9.89. The summed E-state index contributed by atoms with van der Waals surface area (Å²) in [5.41, 5.74) is 6.36. The quantitative estimate of drug-likeness (QED) is 0.918. The van der Waals surface area contributed by atoms with Crippen LogP contribution < -0.4 is 15.2 Å². The molecule has 0 unspecified atom stereocenters. The van der Waals surface area contributed by atoms with Crippen molar-refractivity contribution in [2.45, 2.75) is 26.4 Å². The highest BCUT2D eigenvalue weighted by Crippen LogP contribution is 2.32. The molecular formula is C14H14F3NO3. The van der Waals surface area contributed by atoms with Crippen molar-refractivity contribution in [1.82, 2.24) is 0 Å². The fraction of sp³-hybridized carbons (Fsp3) is 0.286. The maximum atomic E-state index is 12.3. The molecule has 0 aliphatic rings. The summed E-state index contributed by atoms with van der Waals surface area (Å²) in [5.74, 6) is 0.689. The van der Waals surface area contributed by atoms with Gasteiger partial charge in [-0.3, -0.25) is 0 Å². The Balaban J connectivity index is 2.09. The van der Waals surface area contributed by atoms with Gasteiger partial charge in [0.05, 0.1) is 6.54 Å². The summed E-state index contributed by atoms with van der Waals surface area (Å²) in [6.45, 7) is 2.06. The predicted octanol–water partition coefficient (Wildman–Crippen LogP) is 3.52. The Morgan fingerprint density at radius 3 is 2.43 bits per heavy atom. The molecule has 1 heterocycles. The van der Waals surface area contributed by atoms with Gasteiger partial charge in [-0.05, 0) is 30.7 Å². The number of halogens is 3. The third kappa shape index (κ3) is 4.16. The minimum absolute atomic E-state index is 0.0148. The molecule has 0 bridgehead atoms. The maximum Gasteiger partial charge on any atom is 0.573 e. The average Bonchev–Trinajstić information content (AvgIpc) is 2.76. The molecule has 1 aromatic heterocycles. The maximum absolute atomic E-state index is 12.3. The standard InChI is InChI=1S/C14H14F3NO3/c1-9-6-10(20-13(9)7-18)8-19-11-4-2-3-5-12(11)21-14(15,16)17/h2-6H,7-8,18H2,1H3. The van der Waals surface area contributed by atoms with E-state index in [1.807, 2.05) is 6.92 Å². The molecule has 2 rings (SSSR count). The molecular weight excluding hydrogens is 287 g/mol. The molecule has 2 aromatic rings. The Morgan fingerprint density at radius 1 is 1.19 bits per heavy atom. The summed E-state index contributed by atoms with van der Waals surface area (Å²) in [6.07, 6.45) is -4.77. The highest BCUT2D eigenvalue weighted by molar-refractivity contribution is 5.39. The number of para-hydroxylation sites is 2. The Morgan fingerprint density at radius 2 is 1.86 bits per heavy atom. The van der Waals surface area contributed by atoms with Crippen LogP contribution in [0.1, 0.15) is 17.1 Å². The molecule has 0 amide bonds. The van der Waals surface area contributed by atoms with Gasteiger partial charge < -0.3 is 19.6 Å². The van der Waals surface area contributed by atoms with Gasteiger partial charge in [-0.25, -0.2) is 0 Å². The molecule has 21 heavy (non-hydrogen) atoms. The highest BCUT2D eigenvalue weighted by atomic mass is 19.4. The van der Waals surface area contributed by atoms with Crippen LogP contribution in [0.2, 0.25) is 0 Å². The summed E-state index contributed by atoms with van der Waals surface area (Å²) in [7, 11) is 0. The van der Waals surface area contributed by atoms with Gasteiger partial charge in [0.25, 0.3) is 0 Å². The molecule has 0 fully saturated rings. The second-order valence-electron chi connectivity index (χ2n) is 4.31. The zero-order valence-corrected chi connectivity index (χ0v) is 11.2. The molecule has 114 valence electrons. The van der Waals surface area contributed by atoms with E-state index in [2.05, 4.69) is 4.74 Å². The average molecular weight is 301 g/mol. The third-order valence-corrected chi connectivity index (χ3v) is 2.70. The fourth-order valence-electron chi connectivity index (χ4n) is 1.79. The number of furan rings is 1. The molecule has 1 aromatic carbocycles. The van der Waals surface area contributed by atoms with E-state index in [9.17, 15) is 13.2 Å². The van der Waals surface area contributed by atoms with Crippen LogP contribution in [0.3, 0.4) is 0 Å². The van der Waals surface area contributed by atoms with Crippen LogP contribution in [-0.2, 0) is 13.2 Å². The van der Waals surface area contributed by atoms with Crippen LogP contribution in [0.25, 0.3) is 0 Å². The topological polar surface area (TPSA) is 57.6 Å². The van der Waals surface area contributed by atoms with Crippen LogP contribution >= 0.6 is 0 Å². The monoisotopic (exact) mass is 301 g/mol. The van der Waals surface area contributed by atoms with Gasteiger partial charge in [0.15, 0.2) is 11.5 Å². The second-order valence-corrected chi connectivity index (χ2v) is 4.31. The van der Waals surface area contributed by atoms with Gasteiger partial charge in [0, 0.05) is 0 Å². The van der Waals surface area contributed by atoms with Gasteiger partial charge in [-0.1, -0.05) is 12.1 Å². The summed E-state index contributed by atoms with van der Waals surface area (Å²) in [5, 5.41) is 0. The van der Waals surface area contributed by atoms with Crippen molar-refractivity contribution < 1.29 is 27.1 Å². The van der Waals surface area contributed by atoms with Crippen molar-refractivity contribution in [3.63, 3.8) is 0 Å². The van der Waals surface area contributed by atoms with E-state index >= 15 is 0 Å². The smallest absolute Gasteiger partial charge is 0.482 e. The Hall–Kier alpha value is -2.15. The van der Waals surface area contributed by atoms with E-state index < -0.39 is 12.1 Å². The summed E-state index contributed by atoms with van der Waals surface area (Å²) >= 11 is 0. The third-order valence-electron chi connectivity index (χ3n) is 2.70. The van der Waals surface area contributed by atoms with Crippen LogP contribution in [0.5, 0.6) is 11.5 Å². The van der Waals surface area contributed by atoms with Crippen LogP contribution in [0, 0.1) is 6.92 Å². The molecule has 0 radical (unpaired) electrons.